The minimum Gasteiger partial charge on any atom is -0.351 e. The van der Waals surface area contributed by atoms with Gasteiger partial charge in [0.05, 0.1) is 5.56 Å². The van der Waals surface area contributed by atoms with E-state index in [9.17, 15) is 18.0 Å². The van der Waals surface area contributed by atoms with Crippen LogP contribution in [0.15, 0.2) is 18.2 Å². The van der Waals surface area contributed by atoms with Gasteiger partial charge in [-0.1, -0.05) is 6.07 Å². The quantitative estimate of drug-likeness (QED) is 0.883. The van der Waals surface area contributed by atoms with E-state index in [-0.39, 0.29) is 17.8 Å². The molecule has 5 nitrogen and oxygen atoms in total. The molecule has 0 aliphatic carbocycles. The fourth-order valence-corrected chi connectivity index (χ4v) is 3.03. The van der Waals surface area contributed by atoms with Crippen molar-refractivity contribution in [3.63, 3.8) is 0 Å². The maximum absolute atomic E-state index is 13.3. The number of likely N-dealkylation sites (tertiary alicyclic amines) is 1. The average Bonchev–Trinajstić information content (AvgIpc) is 2.47. The highest BCUT2D eigenvalue weighted by atomic mass is 19.4. The number of primary amides is 1. The summed E-state index contributed by atoms with van der Waals surface area (Å²) in [5.41, 5.74) is 4.49. The number of hydrogen-bond donors (Lipinski definition) is 2. The topological polar surface area (TPSA) is 61.6 Å². The van der Waals surface area contributed by atoms with Gasteiger partial charge in [-0.3, -0.25) is 4.90 Å². The van der Waals surface area contributed by atoms with E-state index in [2.05, 4.69) is 10.2 Å². The average molecular weight is 344 g/mol. The first-order chi connectivity index (χ1) is 11.2. The number of piperidine rings is 1. The highest BCUT2D eigenvalue weighted by Crippen LogP contribution is 2.34. The van der Waals surface area contributed by atoms with Crippen molar-refractivity contribution in [3.8, 4) is 0 Å². The number of carbonyl (C=O) groups is 1. The third-order valence-electron chi connectivity index (χ3n) is 4.36. The minimum atomic E-state index is -4.48. The number of nitrogens with one attached hydrogen (secondary N) is 1. The molecule has 1 aliphatic rings. The van der Waals surface area contributed by atoms with Crippen molar-refractivity contribution in [1.82, 2.24) is 9.80 Å². The van der Waals surface area contributed by atoms with E-state index in [1.165, 1.54) is 12.1 Å². The highest BCUT2D eigenvalue weighted by Gasteiger charge is 2.34. The van der Waals surface area contributed by atoms with Crippen molar-refractivity contribution in [1.29, 1.82) is 0 Å². The minimum absolute atomic E-state index is 0.0462. The third kappa shape index (κ3) is 4.85. The van der Waals surface area contributed by atoms with Crippen molar-refractivity contribution in [2.24, 2.45) is 5.73 Å². The van der Waals surface area contributed by atoms with Crippen molar-refractivity contribution in [3.05, 3.63) is 29.3 Å². The van der Waals surface area contributed by atoms with Gasteiger partial charge in [0, 0.05) is 18.3 Å². The van der Waals surface area contributed by atoms with Crippen LogP contribution in [0.5, 0.6) is 0 Å². The van der Waals surface area contributed by atoms with Crippen LogP contribution in [0.1, 0.15) is 24.0 Å². The molecule has 0 atom stereocenters. The molecular weight excluding hydrogens is 321 g/mol. The van der Waals surface area contributed by atoms with E-state index in [0.29, 0.717) is 6.04 Å². The molecule has 1 aromatic carbocycles. The van der Waals surface area contributed by atoms with Gasteiger partial charge in [-0.15, -0.1) is 0 Å². The summed E-state index contributed by atoms with van der Waals surface area (Å²) in [6.07, 6.45) is -2.60. The van der Waals surface area contributed by atoms with Crippen LogP contribution >= 0.6 is 0 Å². The zero-order chi connectivity index (χ0) is 17.9. The Hall–Kier alpha value is -1.80. The Labute approximate surface area is 139 Å². The summed E-state index contributed by atoms with van der Waals surface area (Å²) in [6, 6.07) is 3.38. The number of hydrogen-bond acceptors (Lipinski definition) is 3. The van der Waals surface area contributed by atoms with Gasteiger partial charge in [0.15, 0.2) is 0 Å². The van der Waals surface area contributed by atoms with Crippen LogP contribution in [0.25, 0.3) is 0 Å². The summed E-state index contributed by atoms with van der Waals surface area (Å²) in [4.78, 5) is 15.0. The fraction of sp³-hybridized carbons (Fsp3) is 0.562. The molecule has 0 saturated carbocycles. The summed E-state index contributed by atoms with van der Waals surface area (Å²) in [5.74, 6) is 0. The highest BCUT2D eigenvalue weighted by molar-refractivity contribution is 5.87. The van der Waals surface area contributed by atoms with Crippen LogP contribution in [-0.4, -0.2) is 49.1 Å². The lowest BCUT2D eigenvalue weighted by atomic mass is 10.0. The Morgan fingerprint density at radius 1 is 1.33 bits per heavy atom. The van der Waals surface area contributed by atoms with Crippen molar-refractivity contribution >= 4 is 11.7 Å². The second kappa shape index (κ2) is 7.40. The van der Waals surface area contributed by atoms with Crippen LogP contribution in [0.4, 0.5) is 23.7 Å². The molecular formula is C16H23F3N4O. The molecule has 0 unspecified atom stereocenters. The second-order valence-electron chi connectivity index (χ2n) is 6.33. The number of benzene rings is 1. The largest absolute Gasteiger partial charge is 0.416 e. The lowest BCUT2D eigenvalue weighted by Gasteiger charge is -2.35. The Kier molecular flexibility index (Phi) is 5.71. The van der Waals surface area contributed by atoms with Crippen molar-refractivity contribution < 1.29 is 18.0 Å². The van der Waals surface area contributed by atoms with E-state index in [4.69, 9.17) is 5.73 Å². The Bertz CT molecular complexity index is 581. The van der Waals surface area contributed by atoms with Crippen LogP contribution in [0, 0.1) is 0 Å². The summed E-state index contributed by atoms with van der Waals surface area (Å²) >= 11 is 0. The lowest BCUT2D eigenvalue weighted by molar-refractivity contribution is -0.138. The molecule has 3 N–H and O–H groups in total. The number of halogens is 3. The Morgan fingerprint density at radius 3 is 2.46 bits per heavy atom. The Balaban J connectivity index is 2.13. The third-order valence-corrected chi connectivity index (χ3v) is 4.36. The first kappa shape index (κ1) is 18.5. The predicted molar refractivity (Wildman–Crippen MR) is 86.6 cm³/mol. The number of rotatable bonds is 4. The first-order valence-corrected chi connectivity index (χ1v) is 7.82. The first-order valence-electron chi connectivity index (χ1n) is 7.82. The van der Waals surface area contributed by atoms with Gasteiger partial charge in [0.2, 0.25) is 0 Å². The molecule has 8 heteroatoms. The summed E-state index contributed by atoms with van der Waals surface area (Å²) in [6.45, 7) is 1.77. The fourth-order valence-electron chi connectivity index (χ4n) is 3.03. The van der Waals surface area contributed by atoms with E-state index in [0.717, 1.165) is 32.0 Å². The molecule has 0 aromatic heterocycles. The lowest BCUT2D eigenvalue weighted by Crippen LogP contribution is -2.41. The number of nitrogens with two attached hydrogens (primary N) is 1. The van der Waals surface area contributed by atoms with Crippen LogP contribution in [0.3, 0.4) is 0 Å². The number of urea groups is 1. The standard InChI is InChI=1S/C16H23F3N4O/c1-22(2)13-5-7-23(8-6-13)10-11-3-4-12(21-15(20)24)9-14(11)16(17,18)19/h3-4,9,13H,5-8,10H2,1-2H3,(H3,20,21,24). The molecule has 0 radical (unpaired) electrons. The van der Waals surface area contributed by atoms with E-state index in [1.807, 2.05) is 19.0 Å². The SMILES string of the molecule is CN(C)C1CCN(Cc2ccc(NC(N)=O)cc2C(F)(F)F)CC1. The molecule has 1 aromatic rings. The number of carbonyl (C=O) groups excluding carboxylic acids is 1. The Morgan fingerprint density at radius 2 is 1.96 bits per heavy atom. The van der Waals surface area contributed by atoms with E-state index >= 15 is 0 Å². The van der Waals surface area contributed by atoms with Gasteiger partial charge in [-0.25, -0.2) is 4.79 Å². The number of amides is 2. The number of anilines is 1. The van der Waals surface area contributed by atoms with Gasteiger partial charge in [-0.2, -0.15) is 13.2 Å². The van der Waals surface area contributed by atoms with Crippen molar-refractivity contribution in [2.75, 3.05) is 32.5 Å². The van der Waals surface area contributed by atoms with E-state index in [1.54, 1.807) is 0 Å². The van der Waals surface area contributed by atoms with Gasteiger partial charge >= 0.3 is 12.2 Å². The molecule has 2 amide bonds. The van der Waals surface area contributed by atoms with Gasteiger partial charge < -0.3 is 16.0 Å². The van der Waals surface area contributed by atoms with Crippen LogP contribution < -0.4 is 11.1 Å². The number of alkyl halides is 3. The maximum atomic E-state index is 13.3. The van der Waals surface area contributed by atoms with Gasteiger partial charge in [0.1, 0.15) is 0 Å². The molecule has 1 aliphatic heterocycles. The predicted octanol–water partition coefficient (Wildman–Crippen LogP) is 2.72. The monoisotopic (exact) mass is 344 g/mol. The summed E-state index contributed by atoms with van der Waals surface area (Å²) in [7, 11) is 4.04. The van der Waals surface area contributed by atoms with Gasteiger partial charge in [-0.05, 0) is 57.7 Å². The molecule has 0 bridgehead atoms. The molecule has 1 heterocycles. The molecule has 24 heavy (non-hydrogen) atoms. The zero-order valence-corrected chi connectivity index (χ0v) is 13.9. The summed E-state index contributed by atoms with van der Waals surface area (Å²) < 4.78 is 40.0. The van der Waals surface area contributed by atoms with Crippen molar-refractivity contribution in [2.45, 2.75) is 31.6 Å². The van der Waals surface area contributed by atoms with Crippen LogP contribution in [-0.2, 0) is 12.7 Å². The van der Waals surface area contributed by atoms with Crippen LogP contribution in [0.2, 0.25) is 0 Å². The van der Waals surface area contributed by atoms with Gasteiger partial charge in [0.25, 0.3) is 0 Å². The smallest absolute Gasteiger partial charge is 0.351 e. The molecule has 1 fully saturated rings. The van der Waals surface area contributed by atoms with E-state index < -0.39 is 17.8 Å². The maximum Gasteiger partial charge on any atom is 0.416 e. The number of nitrogens with zero attached hydrogens (tertiary/aromatic N) is 2. The molecule has 2 rings (SSSR count). The normalized spacial score (nSPS) is 17.2. The molecule has 0 spiro atoms. The second-order valence-corrected chi connectivity index (χ2v) is 6.33. The molecule has 1 saturated heterocycles. The molecule has 134 valence electrons. The summed E-state index contributed by atoms with van der Waals surface area (Å²) in [5, 5.41) is 2.19. The zero-order valence-electron chi connectivity index (χ0n) is 13.9.